The van der Waals surface area contributed by atoms with Crippen molar-refractivity contribution in [3.05, 3.63) is 35.4 Å². The maximum atomic E-state index is 5.79. The third kappa shape index (κ3) is 3.51. The van der Waals surface area contributed by atoms with Crippen LogP contribution < -0.4 is 5.32 Å². The summed E-state index contributed by atoms with van der Waals surface area (Å²) in [6, 6.07) is 0. The lowest BCUT2D eigenvalue weighted by molar-refractivity contribution is 0.423. The molecular formula is C12H16ClN5. The Hall–Kier alpha value is -1.46. The van der Waals surface area contributed by atoms with Gasteiger partial charge in [-0.3, -0.25) is 0 Å². The van der Waals surface area contributed by atoms with Gasteiger partial charge in [-0.15, -0.1) is 0 Å². The summed E-state index contributed by atoms with van der Waals surface area (Å²) in [6.45, 7) is 7.10. The molecule has 6 heteroatoms. The molecule has 0 fully saturated rings. The molecule has 5 nitrogen and oxygen atoms in total. The summed E-state index contributed by atoms with van der Waals surface area (Å²) in [6.07, 6.45) is 6.80. The molecule has 2 aromatic heterocycles. The van der Waals surface area contributed by atoms with Crippen molar-refractivity contribution >= 4 is 11.6 Å². The number of aromatic nitrogens is 4. The molecule has 18 heavy (non-hydrogen) atoms. The molecule has 2 aromatic rings. The number of rotatable bonds is 3. The van der Waals surface area contributed by atoms with Crippen LogP contribution in [0.3, 0.4) is 0 Å². The maximum absolute atomic E-state index is 5.79. The molecule has 0 radical (unpaired) electrons. The van der Waals surface area contributed by atoms with Crippen molar-refractivity contribution in [2.45, 2.75) is 32.9 Å². The van der Waals surface area contributed by atoms with Crippen LogP contribution in [0.25, 0.3) is 5.95 Å². The van der Waals surface area contributed by atoms with Crippen LogP contribution >= 0.6 is 11.6 Å². The van der Waals surface area contributed by atoms with Gasteiger partial charge in [0.25, 0.3) is 0 Å². The molecule has 0 saturated carbocycles. The van der Waals surface area contributed by atoms with E-state index in [-0.39, 0.29) is 5.54 Å². The van der Waals surface area contributed by atoms with Gasteiger partial charge in [-0.2, -0.15) is 5.10 Å². The summed E-state index contributed by atoms with van der Waals surface area (Å²) in [7, 11) is 0. The van der Waals surface area contributed by atoms with E-state index in [9.17, 15) is 0 Å². The van der Waals surface area contributed by atoms with E-state index >= 15 is 0 Å². The molecular weight excluding hydrogens is 250 g/mol. The highest BCUT2D eigenvalue weighted by Gasteiger charge is 2.09. The first kappa shape index (κ1) is 13.0. The minimum Gasteiger partial charge on any atom is -0.308 e. The van der Waals surface area contributed by atoms with Crippen molar-refractivity contribution < 1.29 is 0 Å². The Labute approximate surface area is 111 Å². The topological polar surface area (TPSA) is 55.6 Å². The van der Waals surface area contributed by atoms with Crippen molar-refractivity contribution in [1.29, 1.82) is 0 Å². The van der Waals surface area contributed by atoms with E-state index in [0.717, 1.165) is 12.1 Å². The Kier molecular flexibility index (Phi) is 3.63. The van der Waals surface area contributed by atoms with Crippen molar-refractivity contribution in [2.24, 2.45) is 0 Å². The number of nitrogens with one attached hydrogen (secondary N) is 1. The molecule has 96 valence electrons. The molecule has 0 bridgehead atoms. The predicted molar refractivity (Wildman–Crippen MR) is 70.8 cm³/mol. The Morgan fingerprint density at radius 1 is 1.22 bits per heavy atom. The predicted octanol–water partition coefficient (Wildman–Crippen LogP) is 2.20. The van der Waals surface area contributed by atoms with E-state index in [2.05, 4.69) is 41.2 Å². The van der Waals surface area contributed by atoms with E-state index in [1.807, 2.05) is 0 Å². The summed E-state index contributed by atoms with van der Waals surface area (Å²) in [5, 5.41) is 7.99. The van der Waals surface area contributed by atoms with E-state index in [4.69, 9.17) is 11.6 Å². The summed E-state index contributed by atoms with van der Waals surface area (Å²) < 4.78 is 1.54. The Balaban J connectivity index is 2.06. The average molecular weight is 266 g/mol. The highest BCUT2D eigenvalue weighted by molar-refractivity contribution is 6.30. The number of hydrogen-bond donors (Lipinski definition) is 1. The van der Waals surface area contributed by atoms with Crippen LogP contribution in [0.15, 0.2) is 24.8 Å². The Morgan fingerprint density at radius 2 is 1.89 bits per heavy atom. The number of nitrogens with zero attached hydrogens (tertiary/aromatic N) is 4. The summed E-state index contributed by atoms with van der Waals surface area (Å²) >= 11 is 5.79. The van der Waals surface area contributed by atoms with Crippen LogP contribution in [0.1, 0.15) is 26.3 Å². The number of halogens is 1. The third-order valence-electron chi connectivity index (χ3n) is 2.27. The van der Waals surface area contributed by atoms with Crippen LogP contribution in [0.2, 0.25) is 5.02 Å². The molecule has 1 N–H and O–H groups in total. The van der Waals surface area contributed by atoms with Crippen molar-refractivity contribution in [3.8, 4) is 5.95 Å². The molecule has 0 spiro atoms. The van der Waals surface area contributed by atoms with Crippen LogP contribution in [0, 0.1) is 0 Å². The van der Waals surface area contributed by atoms with Crippen LogP contribution in [0.4, 0.5) is 0 Å². The van der Waals surface area contributed by atoms with Crippen molar-refractivity contribution in [2.75, 3.05) is 0 Å². The fourth-order valence-corrected chi connectivity index (χ4v) is 1.47. The average Bonchev–Trinajstić information content (AvgIpc) is 2.73. The molecule has 0 unspecified atom stereocenters. The van der Waals surface area contributed by atoms with Crippen molar-refractivity contribution in [3.63, 3.8) is 0 Å². The minimum atomic E-state index is 0.0776. The van der Waals surface area contributed by atoms with E-state index < -0.39 is 0 Å². The lowest BCUT2D eigenvalue weighted by atomic mass is 10.1. The monoisotopic (exact) mass is 265 g/mol. The zero-order valence-corrected chi connectivity index (χ0v) is 11.4. The fraction of sp³-hybridized carbons (Fsp3) is 0.417. The van der Waals surface area contributed by atoms with E-state index in [1.165, 1.54) is 0 Å². The van der Waals surface area contributed by atoms with Gasteiger partial charge in [-0.05, 0) is 20.8 Å². The largest absolute Gasteiger partial charge is 0.308 e. The highest BCUT2D eigenvalue weighted by Crippen LogP contribution is 2.08. The molecule has 2 rings (SSSR count). The second-order valence-corrected chi connectivity index (χ2v) is 5.53. The first-order valence-electron chi connectivity index (χ1n) is 5.70. The highest BCUT2D eigenvalue weighted by atomic mass is 35.5. The van der Waals surface area contributed by atoms with Gasteiger partial charge in [-0.25, -0.2) is 14.6 Å². The van der Waals surface area contributed by atoms with Gasteiger partial charge in [0, 0.05) is 30.0 Å². The van der Waals surface area contributed by atoms with Crippen LogP contribution in [-0.2, 0) is 6.54 Å². The first-order valence-corrected chi connectivity index (χ1v) is 6.08. The van der Waals surface area contributed by atoms with Gasteiger partial charge in [0.15, 0.2) is 0 Å². The molecule has 0 aliphatic heterocycles. The minimum absolute atomic E-state index is 0.0776. The maximum Gasteiger partial charge on any atom is 0.250 e. The summed E-state index contributed by atoms with van der Waals surface area (Å²) in [4.78, 5) is 8.51. The number of hydrogen-bond acceptors (Lipinski definition) is 4. The zero-order chi connectivity index (χ0) is 13.2. The molecule has 2 heterocycles. The quantitative estimate of drug-likeness (QED) is 0.924. The van der Waals surface area contributed by atoms with E-state index in [1.54, 1.807) is 29.5 Å². The standard InChI is InChI=1S/C12H16ClN5/c1-12(2,3)16-6-9-4-14-11(15-5-9)18-8-10(13)7-17-18/h4-5,7-8,16H,6H2,1-3H3. The Bertz CT molecular complexity index is 512. The molecule has 0 aliphatic rings. The molecule has 0 aromatic carbocycles. The normalized spacial score (nSPS) is 11.8. The SMILES string of the molecule is CC(C)(C)NCc1cnc(-n2cc(Cl)cn2)nc1. The zero-order valence-electron chi connectivity index (χ0n) is 10.7. The summed E-state index contributed by atoms with van der Waals surface area (Å²) in [5.41, 5.74) is 1.11. The van der Waals surface area contributed by atoms with Gasteiger partial charge >= 0.3 is 0 Å². The van der Waals surface area contributed by atoms with E-state index in [0.29, 0.717) is 11.0 Å². The van der Waals surface area contributed by atoms with Gasteiger partial charge in [0.1, 0.15) is 0 Å². The Morgan fingerprint density at radius 3 is 2.39 bits per heavy atom. The lowest BCUT2D eigenvalue weighted by Gasteiger charge is -2.20. The molecule has 0 atom stereocenters. The second kappa shape index (κ2) is 5.04. The fourth-order valence-electron chi connectivity index (χ4n) is 1.33. The van der Waals surface area contributed by atoms with Crippen LogP contribution in [-0.4, -0.2) is 25.3 Å². The molecule has 0 aliphatic carbocycles. The lowest BCUT2D eigenvalue weighted by Crippen LogP contribution is -2.35. The van der Waals surface area contributed by atoms with Crippen molar-refractivity contribution in [1.82, 2.24) is 25.1 Å². The first-order chi connectivity index (χ1) is 8.44. The van der Waals surface area contributed by atoms with Gasteiger partial charge < -0.3 is 5.32 Å². The van der Waals surface area contributed by atoms with Crippen LogP contribution in [0.5, 0.6) is 0 Å². The third-order valence-corrected chi connectivity index (χ3v) is 2.47. The smallest absolute Gasteiger partial charge is 0.250 e. The molecule has 0 amide bonds. The van der Waals surface area contributed by atoms with Gasteiger partial charge in [-0.1, -0.05) is 11.6 Å². The van der Waals surface area contributed by atoms with Gasteiger partial charge in [0.2, 0.25) is 5.95 Å². The second-order valence-electron chi connectivity index (χ2n) is 5.10. The van der Waals surface area contributed by atoms with Gasteiger partial charge in [0.05, 0.1) is 17.4 Å². The molecule has 0 saturated heterocycles. The summed E-state index contributed by atoms with van der Waals surface area (Å²) in [5.74, 6) is 0.515.